The molecular formula is C18H23NO2. The lowest BCUT2D eigenvalue weighted by Crippen LogP contribution is -2.19. The van der Waals surface area contributed by atoms with Gasteiger partial charge in [-0.2, -0.15) is 0 Å². The Morgan fingerprint density at radius 3 is 1.95 bits per heavy atom. The van der Waals surface area contributed by atoms with E-state index < -0.39 is 0 Å². The molecule has 0 aliphatic heterocycles. The minimum absolute atomic E-state index is 0.0296. The summed E-state index contributed by atoms with van der Waals surface area (Å²) in [5.74, 6) is 1.65. The average molecular weight is 285 g/mol. The lowest BCUT2D eigenvalue weighted by Gasteiger charge is -2.22. The Morgan fingerprint density at radius 1 is 0.952 bits per heavy atom. The smallest absolute Gasteiger partial charge is 0.127 e. The molecule has 0 bridgehead atoms. The molecule has 2 aromatic rings. The summed E-state index contributed by atoms with van der Waals surface area (Å²) in [5, 5.41) is 3.36. The number of hydrogen-bond donors (Lipinski definition) is 1. The number of hydrogen-bond acceptors (Lipinski definition) is 3. The molecular weight excluding hydrogens is 262 g/mol. The van der Waals surface area contributed by atoms with Crippen molar-refractivity contribution in [2.75, 3.05) is 21.3 Å². The number of ether oxygens (including phenoxy) is 2. The number of rotatable bonds is 6. The van der Waals surface area contributed by atoms with Gasteiger partial charge in [-0.3, -0.25) is 0 Å². The highest BCUT2D eigenvalue weighted by Gasteiger charge is 2.21. The Balaban J connectivity index is 2.49. The lowest BCUT2D eigenvalue weighted by atomic mass is 9.96. The fourth-order valence-electron chi connectivity index (χ4n) is 2.59. The van der Waals surface area contributed by atoms with Gasteiger partial charge >= 0.3 is 0 Å². The Hall–Kier alpha value is -2.00. The predicted octanol–water partition coefficient (Wildman–Crippen LogP) is 3.58. The van der Waals surface area contributed by atoms with E-state index >= 15 is 0 Å². The number of nitrogens with one attached hydrogen (secondary N) is 1. The third-order valence-corrected chi connectivity index (χ3v) is 3.76. The summed E-state index contributed by atoms with van der Waals surface area (Å²) in [6, 6.07) is 14.5. The minimum Gasteiger partial charge on any atom is -0.496 e. The molecule has 1 atom stereocenters. The van der Waals surface area contributed by atoms with E-state index in [4.69, 9.17) is 9.47 Å². The number of aryl methyl sites for hydroxylation is 1. The minimum atomic E-state index is 0.0296. The highest BCUT2D eigenvalue weighted by atomic mass is 16.5. The van der Waals surface area contributed by atoms with Gasteiger partial charge in [0.05, 0.1) is 25.8 Å². The molecule has 0 aromatic heterocycles. The van der Waals surface area contributed by atoms with Crippen LogP contribution < -0.4 is 14.8 Å². The zero-order chi connectivity index (χ0) is 15.2. The largest absolute Gasteiger partial charge is 0.496 e. The van der Waals surface area contributed by atoms with E-state index in [-0.39, 0.29) is 6.04 Å². The molecule has 2 rings (SSSR count). The van der Waals surface area contributed by atoms with Crippen molar-refractivity contribution in [2.24, 2.45) is 0 Å². The van der Waals surface area contributed by atoms with Gasteiger partial charge in [0, 0.05) is 0 Å². The van der Waals surface area contributed by atoms with Gasteiger partial charge in [0.25, 0.3) is 0 Å². The lowest BCUT2D eigenvalue weighted by molar-refractivity contribution is 0.379. The van der Waals surface area contributed by atoms with Gasteiger partial charge in [-0.1, -0.05) is 37.3 Å². The van der Waals surface area contributed by atoms with Gasteiger partial charge in [-0.05, 0) is 36.7 Å². The van der Waals surface area contributed by atoms with Crippen LogP contribution in [0.3, 0.4) is 0 Å². The molecule has 0 amide bonds. The van der Waals surface area contributed by atoms with Gasteiger partial charge in [-0.25, -0.2) is 0 Å². The highest BCUT2D eigenvalue weighted by molar-refractivity contribution is 5.50. The average Bonchev–Trinajstić information content (AvgIpc) is 2.56. The molecule has 0 spiro atoms. The van der Waals surface area contributed by atoms with Crippen molar-refractivity contribution < 1.29 is 9.47 Å². The molecule has 2 aromatic carbocycles. The Bertz CT molecular complexity index is 556. The van der Waals surface area contributed by atoms with E-state index in [0.29, 0.717) is 0 Å². The van der Waals surface area contributed by atoms with E-state index in [0.717, 1.165) is 23.5 Å². The van der Waals surface area contributed by atoms with Gasteiger partial charge in [-0.15, -0.1) is 0 Å². The summed E-state index contributed by atoms with van der Waals surface area (Å²) >= 11 is 0. The van der Waals surface area contributed by atoms with Gasteiger partial charge in [0.1, 0.15) is 11.5 Å². The molecule has 0 aliphatic carbocycles. The molecule has 0 aliphatic rings. The molecule has 3 nitrogen and oxygen atoms in total. The summed E-state index contributed by atoms with van der Waals surface area (Å²) in [4.78, 5) is 0. The van der Waals surface area contributed by atoms with E-state index in [2.05, 4.69) is 36.5 Å². The zero-order valence-electron chi connectivity index (χ0n) is 13.1. The number of methoxy groups -OCH3 is 2. The molecule has 112 valence electrons. The fraction of sp³-hybridized carbons (Fsp3) is 0.333. The predicted molar refractivity (Wildman–Crippen MR) is 86.3 cm³/mol. The topological polar surface area (TPSA) is 30.5 Å². The Labute approximate surface area is 126 Å². The molecule has 1 unspecified atom stereocenters. The van der Waals surface area contributed by atoms with Crippen LogP contribution in [0.2, 0.25) is 0 Å². The van der Waals surface area contributed by atoms with Crippen molar-refractivity contribution in [1.29, 1.82) is 0 Å². The second-order valence-electron chi connectivity index (χ2n) is 4.89. The van der Waals surface area contributed by atoms with E-state index in [1.165, 1.54) is 11.1 Å². The Kier molecular flexibility index (Phi) is 5.23. The van der Waals surface area contributed by atoms with Crippen molar-refractivity contribution in [2.45, 2.75) is 19.4 Å². The maximum Gasteiger partial charge on any atom is 0.127 e. The maximum absolute atomic E-state index is 5.52. The van der Waals surface area contributed by atoms with Crippen LogP contribution in [0.5, 0.6) is 11.5 Å². The van der Waals surface area contributed by atoms with Gasteiger partial charge < -0.3 is 14.8 Å². The van der Waals surface area contributed by atoms with Crippen molar-refractivity contribution in [1.82, 2.24) is 5.32 Å². The van der Waals surface area contributed by atoms with E-state index in [1.54, 1.807) is 14.2 Å². The fourth-order valence-corrected chi connectivity index (χ4v) is 2.59. The van der Waals surface area contributed by atoms with Crippen molar-refractivity contribution in [3.63, 3.8) is 0 Å². The van der Waals surface area contributed by atoms with Crippen molar-refractivity contribution >= 4 is 0 Å². The van der Waals surface area contributed by atoms with Crippen LogP contribution in [-0.4, -0.2) is 21.3 Å². The standard InChI is InChI=1S/C18H23NO2/c1-5-13-9-11-14(12-10-13)18(19-2)17-15(20-3)7-6-8-16(17)21-4/h6-12,18-19H,5H2,1-4H3. The van der Waals surface area contributed by atoms with Crippen LogP contribution in [0.4, 0.5) is 0 Å². The molecule has 0 saturated carbocycles. The second kappa shape index (κ2) is 7.14. The molecule has 0 saturated heterocycles. The maximum atomic E-state index is 5.52. The van der Waals surface area contributed by atoms with Crippen molar-refractivity contribution in [3.8, 4) is 11.5 Å². The first-order chi connectivity index (χ1) is 10.2. The molecule has 1 N–H and O–H groups in total. The highest BCUT2D eigenvalue weighted by Crippen LogP contribution is 2.37. The van der Waals surface area contributed by atoms with Crippen LogP contribution in [0.25, 0.3) is 0 Å². The SMILES string of the molecule is CCc1ccc(C(NC)c2c(OC)cccc2OC)cc1. The van der Waals surface area contributed by atoms with Gasteiger partial charge in [0.15, 0.2) is 0 Å². The molecule has 0 heterocycles. The third-order valence-electron chi connectivity index (χ3n) is 3.76. The van der Waals surface area contributed by atoms with E-state index in [1.807, 2.05) is 25.2 Å². The first kappa shape index (κ1) is 15.4. The summed E-state index contributed by atoms with van der Waals surface area (Å²) in [7, 11) is 5.32. The Morgan fingerprint density at radius 2 is 1.52 bits per heavy atom. The van der Waals surface area contributed by atoms with Crippen LogP contribution in [0.1, 0.15) is 29.7 Å². The second-order valence-corrected chi connectivity index (χ2v) is 4.89. The first-order valence-corrected chi connectivity index (χ1v) is 7.22. The summed E-state index contributed by atoms with van der Waals surface area (Å²) in [5.41, 5.74) is 3.55. The first-order valence-electron chi connectivity index (χ1n) is 7.22. The van der Waals surface area contributed by atoms with Crippen molar-refractivity contribution in [3.05, 3.63) is 59.2 Å². The zero-order valence-corrected chi connectivity index (χ0v) is 13.1. The molecule has 3 heteroatoms. The molecule has 0 radical (unpaired) electrons. The van der Waals surface area contributed by atoms with Crippen LogP contribution >= 0.6 is 0 Å². The van der Waals surface area contributed by atoms with Gasteiger partial charge in [0.2, 0.25) is 0 Å². The summed E-state index contributed by atoms with van der Waals surface area (Å²) < 4.78 is 11.0. The van der Waals surface area contributed by atoms with Crippen LogP contribution in [0.15, 0.2) is 42.5 Å². The molecule has 0 fully saturated rings. The number of benzene rings is 2. The van der Waals surface area contributed by atoms with Crippen LogP contribution in [0, 0.1) is 0 Å². The third kappa shape index (κ3) is 3.19. The monoisotopic (exact) mass is 285 g/mol. The quantitative estimate of drug-likeness (QED) is 0.880. The summed E-state index contributed by atoms with van der Waals surface area (Å²) in [6.07, 6.45) is 1.04. The summed E-state index contributed by atoms with van der Waals surface area (Å²) in [6.45, 7) is 2.16. The van der Waals surface area contributed by atoms with E-state index in [9.17, 15) is 0 Å². The normalized spacial score (nSPS) is 12.0. The molecule has 21 heavy (non-hydrogen) atoms. The van der Waals surface area contributed by atoms with Crippen LogP contribution in [-0.2, 0) is 6.42 Å².